The van der Waals surface area contributed by atoms with Crippen molar-refractivity contribution in [3.05, 3.63) is 0 Å². The zero-order valence-corrected chi connectivity index (χ0v) is 6.98. The van der Waals surface area contributed by atoms with E-state index in [0.717, 1.165) is 0 Å². The molecule has 1 aliphatic rings. The van der Waals surface area contributed by atoms with E-state index in [1.807, 2.05) is 0 Å². The third kappa shape index (κ3) is 1.49. The summed E-state index contributed by atoms with van der Waals surface area (Å²) in [6.45, 7) is 3.29. The monoisotopic (exact) mass is 164 g/mol. The molecule has 0 saturated carbocycles. The summed E-state index contributed by atoms with van der Waals surface area (Å²) in [5.74, 6) is 0.241. The lowest BCUT2D eigenvalue weighted by Gasteiger charge is -2.35. The summed E-state index contributed by atoms with van der Waals surface area (Å²) >= 11 is 0. The van der Waals surface area contributed by atoms with Gasteiger partial charge in [-0.05, 0) is 13.8 Å². The first kappa shape index (κ1) is 8.01. The van der Waals surface area contributed by atoms with Gasteiger partial charge in [-0.1, -0.05) is 0 Å². The van der Waals surface area contributed by atoms with Crippen molar-refractivity contribution in [2.45, 2.75) is 19.4 Å². The molecule has 3 nitrogen and oxygen atoms in total. The highest BCUT2D eigenvalue weighted by atomic mass is 32.2. The predicted octanol–water partition coefficient (Wildman–Crippen LogP) is -0.198. The van der Waals surface area contributed by atoms with E-state index in [-0.39, 0.29) is 17.4 Å². The molecule has 1 aliphatic heterocycles. The summed E-state index contributed by atoms with van der Waals surface area (Å²) in [6, 6.07) is 0. The standard InChI is InChI=1S/C6H12O3S/c1-6(2,7)5-3-10(8,9)4-5/h5,7H,3-4H2,1-2H3. The van der Waals surface area contributed by atoms with Crippen molar-refractivity contribution in [2.24, 2.45) is 5.92 Å². The quantitative estimate of drug-likeness (QED) is 0.584. The normalized spacial score (nSPS) is 25.9. The summed E-state index contributed by atoms with van der Waals surface area (Å²) in [5.41, 5.74) is -0.828. The summed E-state index contributed by atoms with van der Waals surface area (Å²) in [6.07, 6.45) is 0. The van der Waals surface area contributed by atoms with Crippen LogP contribution in [-0.2, 0) is 9.84 Å². The SMILES string of the molecule is CC(C)(O)C1CS(=O)(=O)C1. The van der Waals surface area contributed by atoms with Gasteiger partial charge in [0, 0.05) is 5.92 Å². The average molecular weight is 164 g/mol. The number of rotatable bonds is 1. The Morgan fingerprint density at radius 2 is 1.80 bits per heavy atom. The van der Waals surface area contributed by atoms with Crippen LogP contribution in [0.2, 0.25) is 0 Å². The molecule has 0 atom stereocenters. The lowest BCUT2D eigenvalue weighted by molar-refractivity contribution is 0.0294. The van der Waals surface area contributed by atoms with Crippen molar-refractivity contribution in [1.29, 1.82) is 0 Å². The molecule has 1 heterocycles. The Bertz CT molecular complexity index is 210. The summed E-state index contributed by atoms with van der Waals surface area (Å²) in [4.78, 5) is 0. The predicted molar refractivity (Wildman–Crippen MR) is 38.4 cm³/mol. The van der Waals surface area contributed by atoms with E-state index in [2.05, 4.69) is 0 Å². The molecule has 0 aromatic heterocycles. The Kier molecular flexibility index (Phi) is 1.56. The van der Waals surface area contributed by atoms with E-state index in [4.69, 9.17) is 0 Å². The molecule has 0 aliphatic carbocycles. The van der Waals surface area contributed by atoms with Crippen LogP contribution in [0, 0.1) is 5.92 Å². The van der Waals surface area contributed by atoms with E-state index in [0.29, 0.717) is 0 Å². The maximum absolute atomic E-state index is 10.6. The molecule has 1 fully saturated rings. The highest BCUT2D eigenvalue weighted by Crippen LogP contribution is 2.28. The van der Waals surface area contributed by atoms with Crippen LogP contribution < -0.4 is 0 Å². The van der Waals surface area contributed by atoms with Crippen molar-refractivity contribution in [3.63, 3.8) is 0 Å². The maximum atomic E-state index is 10.6. The van der Waals surface area contributed by atoms with Gasteiger partial charge in [-0.15, -0.1) is 0 Å². The van der Waals surface area contributed by atoms with E-state index < -0.39 is 15.4 Å². The lowest BCUT2D eigenvalue weighted by Crippen LogP contribution is -2.48. The van der Waals surface area contributed by atoms with E-state index in [1.165, 1.54) is 0 Å². The molecule has 10 heavy (non-hydrogen) atoms. The van der Waals surface area contributed by atoms with Crippen LogP contribution in [0.5, 0.6) is 0 Å². The van der Waals surface area contributed by atoms with Crippen LogP contribution in [0.3, 0.4) is 0 Å². The van der Waals surface area contributed by atoms with Crippen molar-refractivity contribution in [1.82, 2.24) is 0 Å². The maximum Gasteiger partial charge on any atom is 0.151 e. The van der Waals surface area contributed by atoms with Crippen LogP contribution in [0.15, 0.2) is 0 Å². The Morgan fingerprint density at radius 3 is 1.90 bits per heavy atom. The average Bonchev–Trinajstić information content (AvgIpc) is 1.56. The largest absolute Gasteiger partial charge is 0.390 e. The van der Waals surface area contributed by atoms with Crippen molar-refractivity contribution in [2.75, 3.05) is 11.5 Å². The van der Waals surface area contributed by atoms with Gasteiger partial charge in [0.1, 0.15) is 0 Å². The molecule has 1 rings (SSSR count). The fourth-order valence-electron chi connectivity index (χ4n) is 0.972. The fraction of sp³-hybridized carbons (Fsp3) is 1.00. The van der Waals surface area contributed by atoms with Gasteiger partial charge < -0.3 is 5.11 Å². The molecule has 1 N–H and O–H groups in total. The molecule has 0 amide bonds. The van der Waals surface area contributed by atoms with Gasteiger partial charge in [0.05, 0.1) is 17.1 Å². The molecule has 1 saturated heterocycles. The number of aliphatic hydroxyl groups is 1. The number of hydrogen-bond donors (Lipinski definition) is 1. The molecule has 0 radical (unpaired) electrons. The van der Waals surface area contributed by atoms with Gasteiger partial charge >= 0.3 is 0 Å². The molecule has 4 heteroatoms. The fourth-order valence-corrected chi connectivity index (χ4v) is 2.92. The topological polar surface area (TPSA) is 54.4 Å². The van der Waals surface area contributed by atoms with Crippen LogP contribution >= 0.6 is 0 Å². The third-order valence-electron chi connectivity index (χ3n) is 1.91. The zero-order valence-electron chi connectivity index (χ0n) is 6.16. The third-order valence-corrected chi connectivity index (χ3v) is 3.73. The van der Waals surface area contributed by atoms with Gasteiger partial charge in [-0.3, -0.25) is 0 Å². The minimum atomic E-state index is -2.77. The van der Waals surface area contributed by atoms with E-state index >= 15 is 0 Å². The molecule has 0 bridgehead atoms. The minimum Gasteiger partial charge on any atom is -0.390 e. The first-order chi connectivity index (χ1) is 4.31. The Morgan fingerprint density at radius 1 is 1.40 bits per heavy atom. The van der Waals surface area contributed by atoms with Crippen molar-refractivity contribution in [3.8, 4) is 0 Å². The molecule has 0 spiro atoms. The van der Waals surface area contributed by atoms with E-state index in [9.17, 15) is 13.5 Å². The molecule has 0 unspecified atom stereocenters. The summed E-state index contributed by atoms with van der Waals surface area (Å²) < 4.78 is 21.3. The Labute approximate surface area is 61.0 Å². The highest BCUT2D eigenvalue weighted by Gasteiger charge is 2.42. The second-order valence-electron chi connectivity index (χ2n) is 3.43. The number of hydrogen-bond acceptors (Lipinski definition) is 3. The van der Waals surface area contributed by atoms with Gasteiger partial charge in [-0.25, -0.2) is 8.42 Å². The minimum absolute atomic E-state index is 0.0579. The Hall–Kier alpha value is -0.0900. The van der Waals surface area contributed by atoms with Crippen molar-refractivity contribution >= 4 is 9.84 Å². The Balaban J connectivity index is 2.56. The van der Waals surface area contributed by atoms with Crippen molar-refractivity contribution < 1.29 is 13.5 Å². The second kappa shape index (κ2) is 1.95. The lowest BCUT2D eigenvalue weighted by atomic mass is 9.94. The smallest absolute Gasteiger partial charge is 0.151 e. The van der Waals surface area contributed by atoms with Gasteiger partial charge in [0.25, 0.3) is 0 Å². The molecule has 0 aromatic rings. The first-order valence-electron chi connectivity index (χ1n) is 3.24. The number of sulfone groups is 1. The molecular formula is C6H12O3S. The highest BCUT2D eigenvalue weighted by molar-refractivity contribution is 7.92. The first-order valence-corrected chi connectivity index (χ1v) is 5.06. The van der Waals surface area contributed by atoms with Crippen LogP contribution in [0.25, 0.3) is 0 Å². The summed E-state index contributed by atoms with van der Waals surface area (Å²) in [7, 11) is -2.77. The van der Waals surface area contributed by atoms with Crippen LogP contribution in [0.4, 0.5) is 0 Å². The molecule has 0 aromatic carbocycles. The summed E-state index contributed by atoms with van der Waals surface area (Å²) in [5, 5.41) is 9.31. The molecule has 60 valence electrons. The van der Waals surface area contributed by atoms with Crippen LogP contribution in [0.1, 0.15) is 13.8 Å². The van der Waals surface area contributed by atoms with E-state index in [1.54, 1.807) is 13.8 Å². The van der Waals surface area contributed by atoms with Gasteiger partial charge in [0.2, 0.25) is 0 Å². The van der Waals surface area contributed by atoms with Gasteiger partial charge in [-0.2, -0.15) is 0 Å². The second-order valence-corrected chi connectivity index (χ2v) is 5.58. The molecular weight excluding hydrogens is 152 g/mol. The van der Waals surface area contributed by atoms with Gasteiger partial charge in [0.15, 0.2) is 9.84 Å². The zero-order chi connectivity index (χ0) is 7.99. The van der Waals surface area contributed by atoms with Crippen LogP contribution in [-0.4, -0.2) is 30.6 Å².